The second-order valence-corrected chi connectivity index (χ2v) is 36.2. The number of hydrogen-bond acceptors (Lipinski definition) is 23. The van der Waals surface area contributed by atoms with Crippen molar-refractivity contribution < 1.29 is 19.2 Å². The van der Waals surface area contributed by atoms with E-state index in [0.29, 0.717) is 105 Å². The molecule has 18 aromatic heterocycles. The highest BCUT2D eigenvalue weighted by Crippen LogP contribution is 2.41. The maximum Gasteiger partial charge on any atom is 0.321 e. The molecule has 0 atom stereocenters. The second-order valence-electron chi connectivity index (χ2n) is 35.3. The van der Waals surface area contributed by atoms with Gasteiger partial charge in [-0.25, -0.2) is 49.5 Å². The number of amides is 5. The van der Waals surface area contributed by atoms with Gasteiger partial charge in [-0.05, 0) is 140 Å². The Hall–Kier alpha value is -19.2. The van der Waals surface area contributed by atoms with Gasteiger partial charge < -0.3 is 50.6 Å². The summed E-state index contributed by atoms with van der Waals surface area (Å²) in [5.74, 6) is 2.75. The molecule has 0 aliphatic carbocycles. The lowest BCUT2D eigenvalue weighted by atomic mass is 10.0. The van der Waals surface area contributed by atoms with E-state index in [0.717, 1.165) is 197 Å². The van der Waals surface area contributed by atoms with E-state index in [-0.39, 0.29) is 23.8 Å². The molecule has 1 saturated heterocycles. The first-order valence-electron chi connectivity index (χ1n) is 47.4. The van der Waals surface area contributed by atoms with Gasteiger partial charge in [-0.3, -0.25) is 59.9 Å². The SMILES string of the molecule is CCC(=O)Cc1ccc(-c2cnc3n[nH]c(-c4nc5c(-c6ccccn6)cccc5[nH]4)c3c2)cn1.CCC(=O)Nc1cncc(-c2cnc3n[nH]c(-c4nc5c(-c6ccccn6)cccc5[nH]4)c3c2)c1.CN(C)C(=O)Nc1cncc(-c2cnc3n[nH]c(-c4nc5c(-c6cccc(Cl)c6)cccc5[nH]4)c3c2)c1.CN1CCN(C(=O)Nc2cncc(-c3cnc4n[nH]c(-c5nc6c(-c7cccc(Cl)c7)cccc6[nH]5)c4c3)c2)CC1. The summed E-state index contributed by atoms with van der Waals surface area (Å²) in [6, 6.07) is 68.3. The monoisotopic (exact) mass is 1990 g/mol. The number of hydrogen-bond donors (Lipinski definition) is 11. The Labute approximate surface area is 851 Å². The number of pyridine rings is 10. The second kappa shape index (κ2) is 41.0. The third-order valence-corrected chi connectivity index (χ3v) is 25.7. The fraction of sp³-hybridized carbons (Fsp3) is 0.109. The minimum Gasteiger partial charge on any atom is -0.337 e. The van der Waals surface area contributed by atoms with Gasteiger partial charge in [0.15, 0.2) is 45.9 Å². The van der Waals surface area contributed by atoms with E-state index in [2.05, 4.69) is 138 Å². The van der Waals surface area contributed by atoms with E-state index in [1.165, 1.54) is 4.90 Å². The number of benzene rings is 6. The normalized spacial score (nSPS) is 12.1. The number of carbonyl (C=O) groups excluding carboxylic acids is 4. The van der Waals surface area contributed by atoms with Crippen molar-refractivity contribution in [1.29, 1.82) is 0 Å². The van der Waals surface area contributed by atoms with E-state index in [4.69, 9.17) is 43.1 Å². The zero-order valence-corrected chi connectivity index (χ0v) is 81.5. The lowest BCUT2D eigenvalue weighted by Gasteiger charge is -2.32. The predicted molar refractivity (Wildman–Crippen MR) is 575 cm³/mol. The van der Waals surface area contributed by atoms with Gasteiger partial charge in [0, 0.05) is 204 Å². The summed E-state index contributed by atoms with van der Waals surface area (Å²) in [7, 11) is 5.42. The number of ketones is 1. The maximum absolute atomic E-state index is 12.8. The first-order valence-corrected chi connectivity index (χ1v) is 48.2. The molecule has 1 aliphatic heterocycles. The first-order chi connectivity index (χ1) is 72.4. The van der Waals surface area contributed by atoms with Gasteiger partial charge in [0.2, 0.25) is 5.91 Å². The maximum atomic E-state index is 12.8. The summed E-state index contributed by atoms with van der Waals surface area (Å²) in [4.78, 5) is 132. The van der Waals surface area contributed by atoms with Crippen molar-refractivity contribution in [2.45, 2.75) is 33.1 Å². The van der Waals surface area contributed by atoms with Crippen molar-refractivity contribution >= 4 is 152 Å². The molecule has 19 heterocycles. The Morgan fingerprint density at radius 2 is 0.723 bits per heavy atom. The van der Waals surface area contributed by atoms with E-state index in [1.807, 2.05) is 231 Å². The molecule has 36 nitrogen and oxygen atoms in total. The minimum atomic E-state index is -0.230. The highest BCUT2D eigenvalue weighted by molar-refractivity contribution is 6.31. The van der Waals surface area contributed by atoms with Crippen LogP contribution in [0.25, 0.3) is 224 Å². The number of aromatic nitrogens is 26. The number of para-hydroxylation sites is 4. The Kier molecular flexibility index (Phi) is 26.0. The number of imidazole rings is 4. The highest BCUT2D eigenvalue weighted by atomic mass is 35.5. The van der Waals surface area contributed by atoms with Crippen LogP contribution in [0.3, 0.4) is 0 Å². The molecule has 0 saturated carbocycles. The van der Waals surface area contributed by atoms with Gasteiger partial charge in [-0.1, -0.05) is 128 Å². The topological polar surface area (TPSA) is 472 Å². The number of anilines is 3. The Balaban J connectivity index is 0.000000112. The average Bonchev–Trinajstić information content (AvgIpc) is 1.62. The van der Waals surface area contributed by atoms with Gasteiger partial charge in [0.25, 0.3) is 0 Å². The molecule has 0 bridgehead atoms. The van der Waals surface area contributed by atoms with Gasteiger partial charge in [-0.2, -0.15) is 20.4 Å². The van der Waals surface area contributed by atoms with Crippen LogP contribution in [-0.4, -0.2) is 216 Å². The number of likely N-dealkylation sites (N-methyl/N-ethyl adjacent to an activating group) is 1. The van der Waals surface area contributed by atoms with Gasteiger partial charge in [-0.15, -0.1) is 0 Å². The van der Waals surface area contributed by atoms with E-state index >= 15 is 0 Å². The summed E-state index contributed by atoms with van der Waals surface area (Å²) in [5, 5.41) is 43.2. The molecule has 6 aromatic carbocycles. The standard InChI is InChI=1S/C30H26ClN9O.C27H21ClN8O.C27H21N7O.C26H20N8O/c1-39-8-10-40(11-9-39)30(41)34-22-13-19(15-32-17-22)20-14-24-27(37-38-28(24)33-16-20)29-35-25-7-3-6-23(26(25)36-29)18-4-2-5-21(31)12-18;1-36(2)27(37)31-19-10-16(12-29-14-19)17-11-21-24(34-35-25(21)30-13-17)26-32-22-8-4-7-20(23(22)33-26)15-5-3-6-18(28)9-15;1-2-19(35)13-18-10-9-16(14-29-18)17-12-21-25(33-34-26(21)30-15-17)27-31-23-8-5-6-20(24(23)32-27)22-7-3-4-11-28-22;1-2-22(35)30-17-10-15(12-27-14-17)16-11-19-24(33-34-25(19)29-13-16)26-31-21-8-5-6-18(23(21)32-26)20-7-3-4-9-28-20/h2-7,12-17H,8-11H2,1H3,(H,34,41)(H,35,36)(H,33,37,38);3-14H,1-2H3,(H,31,37)(H,32,33)(H,30,34,35);3-12,14-15H,2,13H2,1H3,(H,31,32)(H,30,33,34);3-14H,2H2,1H3,(H,30,35)(H,31,32)(H,29,33,34). The van der Waals surface area contributed by atoms with Crippen LogP contribution in [0.1, 0.15) is 32.4 Å². The van der Waals surface area contributed by atoms with Crippen LogP contribution in [0.15, 0.2) is 293 Å². The number of nitrogens with zero attached hydrogens (tertiary/aromatic N) is 21. The Bertz CT molecular complexity index is 9140. The number of nitrogens with one attached hydrogen (secondary N) is 11. The molecule has 0 radical (unpaired) electrons. The molecule has 726 valence electrons. The summed E-state index contributed by atoms with van der Waals surface area (Å²) < 4.78 is 0. The van der Waals surface area contributed by atoms with Gasteiger partial charge in [0.1, 0.15) is 28.6 Å². The van der Waals surface area contributed by atoms with Gasteiger partial charge in [0.05, 0.1) is 113 Å². The van der Waals surface area contributed by atoms with E-state index in [1.54, 1.807) is 94.7 Å². The fourth-order valence-corrected chi connectivity index (χ4v) is 17.9. The third-order valence-electron chi connectivity index (χ3n) is 25.2. The molecule has 25 rings (SSSR count). The van der Waals surface area contributed by atoms with Crippen molar-refractivity contribution in [1.82, 2.24) is 145 Å². The first kappa shape index (κ1) is 93.7. The number of H-pyrrole nitrogens is 8. The highest BCUT2D eigenvalue weighted by Gasteiger charge is 2.26. The number of piperazine rings is 1. The number of aromatic amines is 8. The number of fused-ring (bicyclic) bond motifs is 8. The van der Waals surface area contributed by atoms with Crippen molar-refractivity contribution in [2.75, 3.05) is 63.3 Å². The minimum absolute atomic E-state index is 0.0652. The summed E-state index contributed by atoms with van der Waals surface area (Å²) in [5.41, 5.74) is 29.3. The summed E-state index contributed by atoms with van der Waals surface area (Å²) >= 11 is 12.5. The molecule has 1 aliphatic rings. The molecule has 5 amide bonds. The van der Waals surface area contributed by atoms with Crippen LogP contribution < -0.4 is 16.0 Å². The zero-order valence-electron chi connectivity index (χ0n) is 79.9. The van der Waals surface area contributed by atoms with E-state index < -0.39 is 0 Å². The predicted octanol–water partition coefficient (Wildman–Crippen LogP) is 21.8. The number of Topliss-reactive ketones (excluding diaryl/α,β-unsaturated/α-hetero) is 1. The van der Waals surface area contributed by atoms with Crippen LogP contribution in [0, 0.1) is 0 Å². The van der Waals surface area contributed by atoms with Crippen molar-refractivity contribution in [3.8, 4) is 135 Å². The lowest BCUT2D eigenvalue weighted by molar-refractivity contribution is -0.118. The van der Waals surface area contributed by atoms with Gasteiger partial charge >= 0.3 is 12.1 Å². The number of halogens is 2. The molecule has 11 N–H and O–H groups in total. The third kappa shape index (κ3) is 19.7. The van der Waals surface area contributed by atoms with Crippen molar-refractivity contribution in [3.05, 3.63) is 309 Å². The van der Waals surface area contributed by atoms with Crippen LogP contribution >= 0.6 is 23.2 Å². The molecule has 24 aromatic rings. The smallest absolute Gasteiger partial charge is 0.321 e. The Morgan fingerprint density at radius 1 is 0.351 bits per heavy atom. The average molecular weight is 1990 g/mol. The van der Waals surface area contributed by atoms with Crippen molar-refractivity contribution in [2.24, 2.45) is 0 Å². The molecular weight excluding hydrogens is 1900 g/mol. The summed E-state index contributed by atoms with van der Waals surface area (Å²) in [6.45, 7) is 6.78. The number of urea groups is 2. The van der Waals surface area contributed by atoms with E-state index in [9.17, 15) is 19.2 Å². The molecule has 148 heavy (non-hydrogen) atoms. The summed E-state index contributed by atoms with van der Waals surface area (Å²) in [6.07, 6.45) is 23.7. The van der Waals surface area contributed by atoms with Crippen LogP contribution in [0.4, 0.5) is 26.7 Å². The molecular formula is C110H88Cl2N32O4. The number of rotatable bonds is 19. The molecule has 0 unspecified atom stereocenters. The lowest BCUT2D eigenvalue weighted by Crippen LogP contribution is -2.48. The van der Waals surface area contributed by atoms with Crippen molar-refractivity contribution in [3.63, 3.8) is 0 Å². The Morgan fingerprint density at radius 3 is 1.09 bits per heavy atom. The quantitative estimate of drug-likeness (QED) is 0.0358. The molecule has 1 fully saturated rings. The zero-order chi connectivity index (χ0) is 101. The largest absolute Gasteiger partial charge is 0.337 e. The molecule has 0 spiro atoms. The number of carbonyl (C=O) groups is 4. The molecule has 38 heteroatoms. The van der Waals surface area contributed by atoms with Crippen LogP contribution in [0.5, 0.6) is 0 Å². The fourth-order valence-electron chi connectivity index (χ4n) is 17.5. The van der Waals surface area contributed by atoms with Crippen LogP contribution in [-0.2, 0) is 16.0 Å². The van der Waals surface area contributed by atoms with Crippen LogP contribution in [0.2, 0.25) is 10.0 Å².